The summed E-state index contributed by atoms with van der Waals surface area (Å²) in [7, 11) is 0. The lowest BCUT2D eigenvalue weighted by Gasteiger charge is -2.14. The molecule has 0 bridgehead atoms. The van der Waals surface area contributed by atoms with Crippen molar-refractivity contribution in [3.05, 3.63) is 131 Å². The van der Waals surface area contributed by atoms with Gasteiger partial charge in [0.05, 0.1) is 11.1 Å². The van der Waals surface area contributed by atoms with Gasteiger partial charge in [-0.1, -0.05) is 78.9 Å². The first-order valence-electron chi connectivity index (χ1n) is 10.5. The third-order valence-electron chi connectivity index (χ3n) is 5.09. The molecule has 166 valence electrons. The predicted molar refractivity (Wildman–Crippen MR) is 130 cm³/mol. The fourth-order valence-electron chi connectivity index (χ4n) is 3.45. The molecule has 4 rings (SSSR count). The molecule has 0 unspecified atom stereocenters. The average molecular weight is 448 g/mol. The van der Waals surface area contributed by atoms with Crippen molar-refractivity contribution in [2.45, 2.75) is 0 Å². The van der Waals surface area contributed by atoms with E-state index in [1.165, 1.54) is 30.3 Å². The van der Waals surface area contributed by atoms with E-state index in [2.05, 4.69) is 10.6 Å². The number of hydrogen-bond donors (Lipinski definition) is 2. The number of benzene rings is 4. The highest BCUT2D eigenvalue weighted by Crippen LogP contribution is 2.21. The molecular formula is C28H20N2O4. The lowest BCUT2D eigenvalue weighted by atomic mass is 9.93. The normalized spacial score (nSPS) is 10.2. The SMILES string of the molecule is O=C(C(=O)c1cccc(C(=O)Nc2ccccc2)c1C(=O)Nc1ccccc1)c1ccccc1. The van der Waals surface area contributed by atoms with E-state index >= 15 is 0 Å². The van der Waals surface area contributed by atoms with Crippen LogP contribution in [-0.4, -0.2) is 23.4 Å². The smallest absolute Gasteiger partial charge is 0.257 e. The Kier molecular flexibility index (Phi) is 6.70. The van der Waals surface area contributed by atoms with Crippen molar-refractivity contribution in [3.63, 3.8) is 0 Å². The highest BCUT2D eigenvalue weighted by atomic mass is 16.2. The zero-order valence-corrected chi connectivity index (χ0v) is 18.0. The van der Waals surface area contributed by atoms with Crippen LogP contribution in [0.25, 0.3) is 0 Å². The summed E-state index contributed by atoms with van der Waals surface area (Å²) >= 11 is 0. The third kappa shape index (κ3) is 4.97. The van der Waals surface area contributed by atoms with Gasteiger partial charge < -0.3 is 10.6 Å². The van der Waals surface area contributed by atoms with Crippen LogP contribution in [0, 0.1) is 0 Å². The van der Waals surface area contributed by atoms with Crippen molar-refractivity contribution in [2.75, 3.05) is 10.6 Å². The van der Waals surface area contributed by atoms with Gasteiger partial charge in [-0.05, 0) is 30.3 Å². The molecule has 0 saturated heterocycles. The largest absolute Gasteiger partial charge is 0.322 e. The number of carbonyl (C=O) groups is 4. The van der Waals surface area contributed by atoms with Crippen LogP contribution in [0.3, 0.4) is 0 Å². The first-order valence-corrected chi connectivity index (χ1v) is 10.5. The average Bonchev–Trinajstić information content (AvgIpc) is 2.89. The molecule has 0 fully saturated rings. The quantitative estimate of drug-likeness (QED) is 0.298. The molecule has 0 spiro atoms. The summed E-state index contributed by atoms with van der Waals surface area (Å²) in [5.74, 6) is -2.89. The molecule has 4 aromatic carbocycles. The van der Waals surface area contributed by atoms with Gasteiger partial charge in [0.1, 0.15) is 0 Å². The first kappa shape index (κ1) is 22.4. The van der Waals surface area contributed by atoms with E-state index in [0.29, 0.717) is 11.4 Å². The zero-order valence-electron chi connectivity index (χ0n) is 18.0. The Morgan fingerprint density at radius 2 is 0.912 bits per heavy atom. The Labute approximate surface area is 196 Å². The zero-order chi connectivity index (χ0) is 23.9. The van der Waals surface area contributed by atoms with E-state index in [1.54, 1.807) is 72.8 Å². The van der Waals surface area contributed by atoms with Crippen molar-refractivity contribution in [2.24, 2.45) is 0 Å². The van der Waals surface area contributed by atoms with Gasteiger partial charge in [0.15, 0.2) is 0 Å². The maximum absolute atomic E-state index is 13.3. The standard InChI is InChI=1S/C28H20N2O4/c31-25(19-11-4-1-5-12-19)26(32)22-17-10-18-23(27(33)29-20-13-6-2-7-14-20)24(22)28(34)30-21-15-8-3-9-16-21/h1-18H,(H,29,33)(H,30,34). The van der Waals surface area contributed by atoms with Gasteiger partial charge in [-0.15, -0.1) is 0 Å². The number of para-hydroxylation sites is 2. The van der Waals surface area contributed by atoms with E-state index < -0.39 is 23.4 Å². The fourth-order valence-corrected chi connectivity index (χ4v) is 3.45. The summed E-state index contributed by atoms with van der Waals surface area (Å²) in [4.78, 5) is 52.5. The second kappa shape index (κ2) is 10.2. The van der Waals surface area contributed by atoms with Gasteiger partial charge in [0.2, 0.25) is 11.6 Å². The third-order valence-corrected chi connectivity index (χ3v) is 5.09. The molecular weight excluding hydrogens is 428 g/mol. The summed E-state index contributed by atoms with van der Waals surface area (Å²) in [5, 5.41) is 5.44. The van der Waals surface area contributed by atoms with Crippen molar-refractivity contribution in [1.29, 1.82) is 0 Å². The van der Waals surface area contributed by atoms with Gasteiger partial charge >= 0.3 is 0 Å². The van der Waals surface area contributed by atoms with E-state index in [9.17, 15) is 19.2 Å². The molecule has 6 heteroatoms. The molecule has 6 nitrogen and oxygen atoms in total. The number of rotatable bonds is 7. The van der Waals surface area contributed by atoms with Crippen LogP contribution >= 0.6 is 0 Å². The van der Waals surface area contributed by atoms with Gasteiger partial charge in [-0.3, -0.25) is 19.2 Å². The molecule has 0 radical (unpaired) electrons. The molecule has 0 heterocycles. The molecule has 0 aromatic heterocycles. The maximum Gasteiger partial charge on any atom is 0.257 e. The van der Waals surface area contributed by atoms with Crippen molar-refractivity contribution in [1.82, 2.24) is 0 Å². The molecule has 0 aliphatic rings. The Hall–Kier alpha value is -4.84. The number of ketones is 2. The first-order chi connectivity index (χ1) is 16.5. The van der Waals surface area contributed by atoms with Crippen LogP contribution in [0.5, 0.6) is 0 Å². The monoisotopic (exact) mass is 448 g/mol. The van der Waals surface area contributed by atoms with Crippen molar-refractivity contribution < 1.29 is 19.2 Å². The Bertz CT molecular complexity index is 1350. The van der Waals surface area contributed by atoms with Crippen LogP contribution in [0.2, 0.25) is 0 Å². The van der Waals surface area contributed by atoms with Gasteiger partial charge in [-0.2, -0.15) is 0 Å². The van der Waals surface area contributed by atoms with E-state index in [-0.39, 0.29) is 22.3 Å². The lowest BCUT2D eigenvalue weighted by molar-refractivity contribution is 0.0814. The van der Waals surface area contributed by atoms with Gasteiger partial charge in [0, 0.05) is 22.5 Å². The summed E-state index contributed by atoms with van der Waals surface area (Å²) < 4.78 is 0. The van der Waals surface area contributed by atoms with Crippen LogP contribution in [0.4, 0.5) is 11.4 Å². The molecule has 4 aromatic rings. The Morgan fingerprint density at radius 1 is 0.441 bits per heavy atom. The molecule has 0 aliphatic heterocycles. The molecule has 0 atom stereocenters. The molecule has 2 amide bonds. The van der Waals surface area contributed by atoms with Gasteiger partial charge in [0.25, 0.3) is 11.8 Å². The summed E-state index contributed by atoms with van der Waals surface area (Å²) in [6.07, 6.45) is 0. The van der Waals surface area contributed by atoms with E-state index in [0.717, 1.165) is 0 Å². The van der Waals surface area contributed by atoms with Crippen LogP contribution in [-0.2, 0) is 0 Å². The van der Waals surface area contributed by atoms with Crippen molar-refractivity contribution in [3.8, 4) is 0 Å². The van der Waals surface area contributed by atoms with E-state index in [4.69, 9.17) is 0 Å². The number of hydrogen-bond acceptors (Lipinski definition) is 4. The molecule has 2 N–H and O–H groups in total. The van der Waals surface area contributed by atoms with E-state index in [1.807, 2.05) is 6.07 Å². The second-order valence-electron chi connectivity index (χ2n) is 7.39. The van der Waals surface area contributed by atoms with Crippen LogP contribution in [0.1, 0.15) is 41.4 Å². The number of anilines is 2. The highest BCUT2D eigenvalue weighted by Gasteiger charge is 2.28. The minimum atomic E-state index is -0.876. The van der Waals surface area contributed by atoms with Crippen LogP contribution in [0.15, 0.2) is 109 Å². The maximum atomic E-state index is 13.3. The number of carbonyl (C=O) groups excluding carboxylic acids is 4. The Balaban J connectivity index is 1.76. The molecule has 34 heavy (non-hydrogen) atoms. The summed E-state index contributed by atoms with van der Waals surface area (Å²) in [6, 6.07) is 29.8. The Morgan fingerprint density at radius 3 is 1.47 bits per heavy atom. The lowest BCUT2D eigenvalue weighted by Crippen LogP contribution is -2.25. The second-order valence-corrected chi connectivity index (χ2v) is 7.39. The predicted octanol–water partition coefficient (Wildman–Crippen LogP) is 5.26. The molecule has 0 saturated carbocycles. The summed E-state index contributed by atoms with van der Waals surface area (Å²) in [6.45, 7) is 0. The van der Waals surface area contributed by atoms with Gasteiger partial charge in [-0.25, -0.2) is 0 Å². The number of Topliss-reactive ketones (excluding diaryl/α,β-unsaturated/α-hetero) is 2. The van der Waals surface area contributed by atoms with Crippen molar-refractivity contribution >= 4 is 34.8 Å². The number of amides is 2. The minimum absolute atomic E-state index is 0.0241. The minimum Gasteiger partial charge on any atom is -0.322 e. The molecule has 0 aliphatic carbocycles. The van der Waals surface area contributed by atoms with Crippen LogP contribution < -0.4 is 10.6 Å². The topological polar surface area (TPSA) is 92.3 Å². The highest BCUT2D eigenvalue weighted by molar-refractivity contribution is 6.50. The fraction of sp³-hybridized carbons (Fsp3) is 0. The summed E-state index contributed by atoms with van der Waals surface area (Å²) in [5.41, 5.74) is 0.861. The number of nitrogens with one attached hydrogen (secondary N) is 2.